The summed E-state index contributed by atoms with van der Waals surface area (Å²) in [6.07, 6.45) is 10.4. The molecule has 2 N–H and O–H groups in total. The molecule has 0 spiro atoms. The first-order chi connectivity index (χ1) is 9.01. The molecule has 0 aliphatic heterocycles. The first-order valence-electron chi connectivity index (χ1n) is 8.35. The molecule has 0 bridgehead atoms. The van der Waals surface area contributed by atoms with Gasteiger partial charge in [-0.3, -0.25) is 0 Å². The predicted octanol–water partition coefficient (Wildman–Crippen LogP) is 3.73. The highest BCUT2D eigenvalue weighted by atomic mass is 16.3. The van der Waals surface area contributed by atoms with Crippen LogP contribution >= 0.6 is 0 Å². The second-order valence-corrected chi connectivity index (χ2v) is 7.75. The van der Waals surface area contributed by atoms with E-state index in [1.807, 2.05) is 0 Å². The van der Waals surface area contributed by atoms with Crippen molar-refractivity contribution in [2.75, 3.05) is 13.2 Å². The third-order valence-electron chi connectivity index (χ3n) is 6.11. The highest BCUT2D eigenvalue weighted by molar-refractivity contribution is 4.96. The summed E-state index contributed by atoms with van der Waals surface area (Å²) < 4.78 is 0. The molecule has 0 unspecified atom stereocenters. The monoisotopic (exact) mass is 267 g/mol. The Morgan fingerprint density at radius 3 is 2.26 bits per heavy atom. The Hall–Kier alpha value is -0.0800. The predicted molar refractivity (Wildman–Crippen MR) is 81.2 cm³/mol. The van der Waals surface area contributed by atoms with Crippen LogP contribution in [0.3, 0.4) is 0 Å². The van der Waals surface area contributed by atoms with E-state index in [4.69, 9.17) is 5.11 Å². The molecule has 2 aliphatic carbocycles. The molecule has 2 fully saturated rings. The molecule has 2 rings (SSSR count). The summed E-state index contributed by atoms with van der Waals surface area (Å²) >= 11 is 0. The van der Waals surface area contributed by atoms with Crippen LogP contribution in [-0.2, 0) is 0 Å². The summed E-state index contributed by atoms with van der Waals surface area (Å²) in [6.45, 7) is 8.70. The molecule has 2 heteroatoms. The highest BCUT2D eigenvalue weighted by Crippen LogP contribution is 2.48. The number of hydrogen-bond donors (Lipinski definition) is 2. The van der Waals surface area contributed by atoms with Gasteiger partial charge in [-0.1, -0.05) is 27.2 Å². The average molecular weight is 267 g/mol. The fraction of sp³-hybridized carbons (Fsp3) is 1.00. The maximum absolute atomic E-state index is 9.10. The van der Waals surface area contributed by atoms with Crippen molar-refractivity contribution in [3.05, 3.63) is 0 Å². The Balaban J connectivity index is 1.69. The first-order valence-corrected chi connectivity index (χ1v) is 8.35. The molecule has 0 saturated heterocycles. The van der Waals surface area contributed by atoms with Crippen molar-refractivity contribution in [3.8, 4) is 0 Å². The maximum Gasteiger partial charge on any atom is 0.0436 e. The lowest BCUT2D eigenvalue weighted by molar-refractivity contribution is 0.134. The summed E-state index contributed by atoms with van der Waals surface area (Å²) in [5, 5.41) is 12.9. The van der Waals surface area contributed by atoms with Crippen LogP contribution in [0.15, 0.2) is 0 Å². The molecule has 2 aliphatic rings. The van der Waals surface area contributed by atoms with Gasteiger partial charge in [-0.15, -0.1) is 0 Å². The Labute approximate surface area is 119 Å². The quantitative estimate of drug-likeness (QED) is 0.736. The third-order valence-corrected chi connectivity index (χ3v) is 6.11. The van der Waals surface area contributed by atoms with Crippen LogP contribution in [0.5, 0.6) is 0 Å². The number of hydrogen-bond acceptors (Lipinski definition) is 2. The van der Waals surface area contributed by atoms with E-state index in [-0.39, 0.29) is 0 Å². The van der Waals surface area contributed by atoms with Gasteiger partial charge in [0.25, 0.3) is 0 Å². The van der Waals surface area contributed by atoms with Gasteiger partial charge in [0, 0.05) is 19.2 Å². The minimum absolute atomic E-state index is 0.360. The molecule has 0 radical (unpaired) electrons. The zero-order chi connectivity index (χ0) is 13.9. The third kappa shape index (κ3) is 3.95. The van der Waals surface area contributed by atoms with Gasteiger partial charge in [-0.2, -0.15) is 0 Å². The van der Waals surface area contributed by atoms with Crippen molar-refractivity contribution < 1.29 is 5.11 Å². The lowest BCUT2D eigenvalue weighted by Gasteiger charge is -2.39. The van der Waals surface area contributed by atoms with Crippen LogP contribution in [-0.4, -0.2) is 24.3 Å². The van der Waals surface area contributed by atoms with Crippen molar-refractivity contribution in [3.63, 3.8) is 0 Å². The van der Waals surface area contributed by atoms with Crippen LogP contribution in [0.1, 0.15) is 72.1 Å². The SMILES string of the molecule is CCC(C)(C)C1CCC(NCC2(CCO)CC2)CC1. The summed E-state index contributed by atoms with van der Waals surface area (Å²) in [5.74, 6) is 0.919. The molecule has 0 heterocycles. The van der Waals surface area contributed by atoms with Gasteiger partial charge in [0.05, 0.1) is 0 Å². The molecular formula is C17H33NO. The Bertz CT molecular complexity index is 275. The summed E-state index contributed by atoms with van der Waals surface area (Å²) in [4.78, 5) is 0. The molecule has 0 aromatic rings. The zero-order valence-corrected chi connectivity index (χ0v) is 13.2. The van der Waals surface area contributed by atoms with Crippen LogP contribution in [0.4, 0.5) is 0 Å². The molecule has 112 valence electrons. The lowest BCUT2D eigenvalue weighted by Crippen LogP contribution is -2.39. The summed E-state index contributed by atoms with van der Waals surface area (Å²) in [5.41, 5.74) is 0.994. The Morgan fingerprint density at radius 2 is 1.79 bits per heavy atom. The minimum Gasteiger partial charge on any atom is -0.396 e. The van der Waals surface area contributed by atoms with E-state index in [0.29, 0.717) is 17.4 Å². The van der Waals surface area contributed by atoms with Crippen LogP contribution < -0.4 is 5.32 Å². The number of aliphatic hydroxyl groups is 1. The van der Waals surface area contributed by atoms with Crippen molar-refractivity contribution in [1.82, 2.24) is 5.32 Å². The van der Waals surface area contributed by atoms with E-state index in [9.17, 15) is 0 Å². The number of nitrogens with one attached hydrogen (secondary N) is 1. The van der Waals surface area contributed by atoms with E-state index in [2.05, 4.69) is 26.1 Å². The van der Waals surface area contributed by atoms with Gasteiger partial charge in [0.15, 0.2) is 0 Å². The standard InChI is InChI=1S/C17H33NO/c1-4-16(2,3)14-5-7-15(8-6-14)18-13-17(9-10-17)11-12-19/h14-15,18-19H,4-13H2,1-3H3. The van der Waals surface area contributed by atoms with Crippen molar-refractivity contribution >= 4 is 0 Å². The van der Waals surface area contributed by atoms with Gasteiger partial charge >= 0.3 is 0 Å². The fourth-order valence-corrected chi connectivity index (χ4v) is 3.66. The summed E-state index contributed by atoms with van der Waals surface area (Å²) in [7, 11) is 0. The Morgan fingerprint density at radius 1 is 1.16 bits per heavy atom. The zero-order valence-electron chi connectivity index (χ0n) is 13.2. The lowest BCUT2D eigenvalue weighted by atomic mass is 9.69. The van der Waals surface area contributed by atoms with Crippen LogP contribution in [0.25, 0.3) is 0 Å². The molecule has 0 aromatic heterocycles. The van der Waals surface area contributed by atoms with Gasteiger partial charge in [-0.25, -0.2) is 0 Å². The molecular weight excluding hydrogens is 234 g/mol. The van der Waals surface area contributed by atoms with Crippen molar-refractivity contribution in [1.29, 1.82) is 0 Å². The highest BCUT2D eigenvalue weighted by Gasteiger charge is 2.42. The van der Waals surface area contributed by atoms with E-state index >= 15 is 0 Å². The minimum atomic E-state index is 0.360. The average Bonchev–Trinajstić information content (AvgIpc) is 3.18. The van der Waals surface area contributed by atoms with E-state index < -0.39 is 0 Å². The van der Waals surface area contributed by atoms with Crippen LogP contribution in [0.2, 0.25) is 0 Å². The largest absolute Gasteiger partial charge is 0.396 e. The topological polar surface area (TPSA) is 32.3 Å². The molecule has 19 heavy (non-hydrogen) atoms. The smallest absolute Gasteiger partial charge is 0.0436 e. The first kappa shape index (κ1) is 15.3. The van der Waals surface area contributed by atoms with Crippen molar-refractivity contribution in [2.24, 2.45) is 16.7 Å². The van der Waals surface area contributed by atoms with Gasteiger partial charge in [0.1, 0.15) is 0 Å². The molecule has 0 amide bonds. The normalized spacial score (nSPS) is 30.3. The number of aliphatic hydroxyl groups excluding tert-OH is 1. The second kappa shape index (κ2) is 6.13. The molecule has 2 nitrogen and oxygen atoms in total. The summed E-state index contributed by atoms with van der Waals surface area (Å²) in [6, 6.07) is 0.736. The molecule has 2 saturated carbocycles. The van der Waals surface area contributed by atoms with E-state index in [1.54, 1.807) is 0 Å². The van der Waals surface area contributed by atoms with Gasteiger partial charge in [-0.05, 0) is 61.7 Å². The Kier molecular flexibility index (Phi) is 4.94. The van der Waals surface area contributed by atoms with E-state index in [0.717, 1.165) is 24.9 Å². The maximum atomic E-state index is 9.10. The van der Waals surface area contributed by atoms with Crippen LogP contribution in [0, 0.1) is 16.7 Å². The fourth-order valence-electron chi connectivity index (χ4n) is 3.66. The molecule has 0 aromatic carbocycles. The number of rotatable bonds is 7. The second-order valence-electron chi connectivity index (χ2n) is 7.75. The molecule has 0 atom stereocenters. The van der Waals surface area contributed by atoms with Gasteiger partial charge < -0.3 is 10.4 Å². The van der Waals surface area contributed by atoms with Crippen molar-refractivity contribution in [2.45, 2.75) is 78.2 Å². The van der Waals surface area contributed by atoms with E-state index in [1.165, 1.54) is 44.9 Å². The van der Waals surface area contributed by atoms with Gasteiger partial charge in [0.2, 0.25) is 0 Å².